The summed E-state index contributed by atoms with van der Waals surface area (Å²) in [5.74, 6) is 0.229. The van der Waals surface area contributed by atoms with Crippen LogP contribution in [0.1, 0.15) is 38.7 Å². The van der Waals surface area contributed by atoms with Gasteiger partial charge >= 0.3 is 6.03 Å². The van der Waals surface area contributed by atoms with Gasteiger partial charge in [-0.25, -0.2) is 4.79 Å². The Morgan fingerprint density at radius 3 is 2.65 bits per heavy atom. The molecule has 0 spiro atoms. The summed E-state index contributed by atoms with van der Waals surface area (Å²) in [5.41, 5.74) is 1.03. The van der Waals surface area contributed by atoms with Crippen molar-refractivity contribution in [2.75, 3.05) is 18.5 Å². The SMILES string of the molecule is CCCC(CCO)CNC(=O)Nc1ccc(CC)c([N+](=O)[O-])c1. The Hall–Kier alpha value is -2.15. The predicted molar refractivity (Wildman–Crippen MR) is 89.6 cm³/mol. The Balaban J connectivity index is 2.63. The molecule has 0 aliphatic heterocycles. The Bertz CT molecular complexity index is 528. The quantitative estimate of drug-likeness (QED) is 0.480. The third-order valence-corrected chi connectivity index (χ3v) is 3.71. The Kier molecular flexibility index (Phi) is 8.04. The molecular weight excluding hydrogens is 298 g/mol. The molecule has 0 aromatic heterocycles. The highest BCUT2D eigenvalue weighted by Crippen LogP contribution is 2.23. The van der Waals surface area contributed by atoms with E-state index >= 15 is 0 Å². The van der Waals surface area contributed by atoms with Crippen LogP contribution in [0.25, 0.3) is 0 Å². The van der Waals surface area contributed by atoms with Crippen LogP contribution < -0.4 is 10.6 Å². The molecular formula is C16H25N3O4. The maximum absolute atomic E-state index is 11.9. The molecule has 1 aromatic rings. The van der Waals surface area contributed by atoms with Crippen LogP contribution in [0.5, 0.6) is 0 Å². The fourth-order valence-corrected chi connectivity index (χ4v) is 2.46. The lowest BCUT2D eigenvalue weighted by Crippen LogP contribution is -2.33. The number of rotatable bonds is 9. The summed E-state index contributed by atoms with van der Waals surface area (Å²) >= 11 is 0. The number of hydrogen-bond acceptors (Lipinski definition) is 4. The summed E-state index contributed by atoms with van der Waals surface area (Å²) in [6.45, 7) is 4.46. The number of aliphatic hydroxyl groups is 1. The van der Waals surface area contributed by atoms with E-state index in [0.29, 0.717) is 30.6 Å². The second-order valence-corrected chi connectivity index (χ2v) is 5.46. The van der Waals surface area contributed by atoms with E-state index in [2.05, 4.69) is 17.6 Å². The second-order valence-electron chi connectivity index (χ2n) is 5.46. The molecule has 1 aromatic carbocycles. The first-order valence-corrected chi connectivity index (χ1v) is 7.94. The van der Waals surface area contributed by atoms with Crippen LogP contribution in [0.15, 0.2) is 18.2 Å². The van der Waals surface area contributed by atoms with Gasteiger partial charge in [0.05, 0.1) is 4.92 Å². The van der Waals surface area contributed by atoms with Crippen LogP contribution in [-0.2, 0) is 6.42 Å². The summed E-state index contributed by atoms with van der Waals surface area (Å²) in [5, 5.41) is 25.4. The first kappa shape index (κ1) is 18.9. The van der Waals surface area contributed by atoms with Gasteiger partial charge < -0.3 is 15.7 Å². The number of nitrogens with zero attached hydrogens (tertiary/aromatic N) is 1. The molecule has 128 valence electrons. The number of hydrogen-bond donors (Lipinski definition) is 3. The van der Waals surface area contributed by atoms with Crippen molar-refractivity contribution in [3.63, 3.8) is 0 Å². The smallest absolute Gasteiger partial charge is 0.319 e. The minimum Gasteiger partial charge on any atom is -0.396 e. The first-order valence-electron chi connectivity index (χ1n) is 7.94. The number of nitro benzene ring substituents is 1. The highest BCUT2D eigenvalue weighted by atomic mass is 16.6. The van der Waals surface area contributed by atoms with E-state index in [4.69, 9.17) is 5.11 Å². The predicted octanol–water partition coefficient (Wildman–Crippen LogP) is 3.08. The zero-order valence-electron chi connectivity index (χ0n) is 13.7. The summed E-state index contributed by atoms with van der Waals surface area (Å²) in [7, 11) is 0. The maximum atomic E-state index is 11.9. The molecule has 7 heteroatoms. The van der Waals surface area contributed by atoms with E-state index < -0.39 is 11.0 Å². The average molecular weight is 323 g/mol. The molecule has 0 saturated heterocycles. The van der Waals surface area contributed by atoms with Crippen molar-refractivity contribution in [1.82, 2.24) is 5.32 Å². The van der Waals surface area contributed by atoms with Gasteiger partial charge in [0, 0.05) is 30.5 Å². The fourth-order valence-electron chi connectivity index (χ4n) is 2.46. The number of aliphatic hydroxyl groups excluding tert-OH is 1. The molecule has 0 bridgehead atoms. The van der Waals surface area contributed by atoms with Gasteiger partial charge in [0.1, 0.15) is 0 Å². The van der Waals surface area contributed by atoms with Crippen molar-refractivity contribution < 1.29 is 14.8 Å². The highest BCUT2D eigenvalue weighted by Gasteiger charge is 2.14. The lowest BCUT2D eigenvalue weighted by molar-refractivity contribution is -0.385. The molecule has 0 radical (unpaired) electrons. The number of carbonyl (C=O) groups is 1. The van der Waals surface area contributed by atoms with Gasteiger partial charge in [0.25, 0.3) is 5.69 Å². The molecule has 0 saturated carbocycles. The Morgan fingerprint density at radius 1 is 1.35 bits per heavy atom. The van der Waals surface area contributed by atoms with Crippen LogP contribution in [0, 0.1) is 16.0 Å². The summed E-state index contributed by atoms with van der Waals surface area (Å²) in [6.07, 6.45) is 3.11. The summed E-state index contributed by atoms with van der Waals surface area (Å²) < 4.78 is 0. The topological polar surface area (TPSA) is 104 Å². The normalized spacial score (nSPS) is 11.8. The van der Waals surface area contributed by atoms with Gasteiger partial charge in [-0.3, -0.25) is 10.1 Å². The van der Waals surface area contributed by atoms with Gasteiger partial charge in [-0.15, -0.1) is 0 Å². The van der Waals surface area contributed by atoms with E-state index in [0.717, 1.165) is 12.8 Å². The molecule has 0 fully saturated rings. The average Bonchev–Trinajstić information content (AvgIpc) is 2.53. The summed E-state index contributed by atoms with van der Waals surface area (Å²) in [6, 6.07) is 4.28. The third kappa shape index (κ3) is 6.23. The van der Waals surface area contributed by atoms with E-state index in [9.17, 15) is 14.9 Å². The van der Waals surface area contributed by atoms with Crippen LogP contribution >= 0.6 is 0 Å². The molecule has 1 atom stereocenters. The van der Waals surface area contributed by atoms with E-state index in [1.54, 1.807) is 12.1 Å². The molecule has 2 amide bonds. The van der Waals surface area contributed by atoms with Gasteiger partial charge in [-0.2, -0.15) is 0 Å². The molecule has 23 heavy (non-hydrogen) atoms. The molecule has 1 rings (SSSR count). The van der Waals surface area contributed by atoms with Crippen molar-refractivity contribution in [3.8, 4) is 0 Å². The van der Waals surface area contributed by atoms with Crippen molar-refractivity contribution in [1.29, 1.82) is 0 Å². The van der Waals surface area contributed by atoms with Crippen LogP contribution in [0.3, 0.4) is 0 Å². The van der Waals surface area contributed by atoms with Gasteiger partial charge in [0.2, 0.25) is 0 Å². The minimum absolute atomic E-state index is 0.00874. The first-order chi connectivity index (χ1) is 11.0. The standard InChI is InChI=1S/C16H25N3O4/c1-3-5-12(8-9-20)11-17-16(21)18-14-7-6-13(4-2)15(10-14)19(22)23/h6-7,10,12,20H,3-5,8-9,11H2,1-2H3,(H2,17,18,21). The monoisotopic (exact) mass is 323 g/mol. The van der Waals surface area contributed by atoms with Crippen LogP contribution in [0.2, 0.25) is 0 Å². The van der Waals surface area contributed by atoms with Crippen molar-refractivity contribution in [2.45, 2.75) is 39.5 Å². The molecule has 0 heterocycles. The number of aryl methyl sites for hydroxylation is 1. The van der Waals surface area contributed by atoms with Gasteiger partial charge in [-0.05, 0) is 31.2 Å². The lowest BCUT2D eigenvalue weighted by Gasteiger charge is -2.16. The van der Waals surface area contributed by atoms with Crippen molar-refractivity contribution in [3.05, 3.63) is 33.9 Å². The van der Waals surface area contributed by atoms with Gasteiger partial charge in [-0.1, -0.05) is 26.3 Å². The molecule has 3 N–H and O–H groups in total. The van der Waals surface area contributed by atoms with Crippen LogP contribution in [-0.4, -0.2) is 29.2 Å². The van der Waals surface area contributed by atoms with E-state index in [1.807, 2.05) is 6.92 Å². The minimum atomic E-state index is -0.444. The fraction of sp³-hybridized carbons (Fsp3) is 0.562. The molecule has 0 aliphatic rings. The molecule has 1 unspecified atom stereocenters. The molecule has 0 aliphatic carbocycles. The van der Waals surface area contributed by atoms with Crippen molar-refractivity contribution in [2.24, 2.45) is 5.92 Å². The number of anilines is 1. The van der Waals surface area contributed by atoms with Gasteiger partial charge in [0.15, 0.2) is 0 Å². The van der Waals surface area contributed by atoms with E-state index in [-0.39, 0.29) is 18.2 Å². The highest BCUT2D eigenvalue weighted by molar-refractivity contribution is 5.89. The Labute approximate surface area is 136 Å². The largest absolute Gasteiger partial charge is 0.396 e. The number of carbonyl (C=O) groups excluding carboxylic acids is 1. The Morgan fingerprint density at radius 2 is 2.09 bits per heavy atom. The third-order valence-electron chi connectivity index (χ3n) is 3.71. The lowest BCUT2D eigenvalue weighted by atomic mass is 10.0. The number of nitrogens with one attached hydrogen (secondary N) is 2. The van der Waals surface area contributed by atoms with E-state index in [1.165, 1.54) is 6.07 Å². The number of urea groups is 1. The van der Waals surface area contributed by atoms with Crippen molar-refractivity contribution >= 4 is 17.4 Å². The summed E-state index contributed by atoms with van der Waals surface area (Å²) in [4.78, 5) is 22.5. The zero-order chi connectivity index (χ0) is 17.2. The maximum Gasteiger partial charge on any atom is 0.319 e. The second kappa shape index (κ2) is 9.78. The number of benzene rings is 1. The zero-order valence-corrected chi connectivity index (χ0v) is 13.7. The number of amides is 2. The van der Waals surface area contributed by atoms with Crippen LogP contribution in [0.4, 0.5) is 16.2 Å². The molecule has 7 nitrogen and oxygen atoms in total. The number of nitro groups is 1.